The summed E-state index contributed by atoms with van der Waals surface area (Å²) in [6.45, 7) is 0.947. The van der Waals surface area contributed by atoms with E-state index in [-0.39, 0.29) is 5.91 Å². The second-order valence-corrected chi connectivity index (χ2v) is 6.74. The van der Waals surface area contributed by atoms with E-state index in [0.29, 0.717) is 24.5 Å². The van der Waals surface area contributed by atoms with Gasteiger partial charge in [-0.3, -0.25) is 4.79 Å². The maximum Gasteiger partial charge on any atom is 0.287 e. The van der Waals surface area contributed by atoms with Crippen LogP contribution in [0.2, 0.25) is 0 Å². The van der Waals surface area contributed by atoms with Crippen LogP contribution in [0.1, 0.15) is 21.7 Å². The van der Waals surface area contributed by atoms with Crippen molar-refractivity contribution in [3.8, 4) is 0 Å². The van der Waals surface area contributed by atoms with Crippen LogP contribution in [0.4, 0.5) is 0 Å². The van der Waals surface area contributed by atoms with Crippen molar-refractivity contribution in [1.82, 2.24) is 5.32 Å². The molecule has 0 fully saturated rings. The first-order chi connectivity index (χ1) is 12.3. The summed E-state index contributed by atoms with van der Waals surface area (Å²) in [4.78, 5) is 12.5. The van der Waals surface area contributed by atoms with Crippen molar-refractivity contribution in [3.63, 3.8) is 0 Å². The van der Waals surface area contributed by atoms with Crippen molar-refractivity contribution in [2.75, 3.05) is 19.4 Å². The lowest BCUT2D eigenvalue weighted by Gasteiger charge is -2.05. The minimum absolute atomic E-state index is 0.191. The zero-order valence-electron chi connectivity index (χ0n) is 14.2. The van der Waals surface area contributed by atoms with Crippen molar-refractivity contribution < 1.29 is 13.9 Å². The van der Waals surface area contributed by atoms with Crippen molar-refractivity contribution in [3.05, 3.63) is 71.5 Å². The number of hydrogen-bond acceptors (Lipinski definition) is 4. The molecule has 2 aromatic carbocycles. The van der Waals surface area contributed by atoms with Crippen LogP contribution in [0.5, 0.6) is 0 Å². The number of fused-ring (bicyclic) bond motifs is 1. The van der Waals surface area contributed by atoms with E-state index in [9.17, 15) is 4.79 Å². The minimum Gasteiger partial charge on any atom is -0.451 e. The number of carbonyl (C=O) groups excluding carboxylic acids is 1. The van der Waals surface area contributed by atoms with Crippen molar-refractivity contribution in [2.24, 2.45) is 0 Å². The molecule has 25 heavy (non-hydrogen) atoms. The maximum atomic E-state index is 12.5. The molecular weight excluding hydrogens is 334 g/mol. The van der Waals surface area contributed by atoms with E-state index in [1.165, 1.54) is 5.56 Å². The van der Waals surface area contributed by atoms with Gasteiger partial charge >= 0.3 is 0 Å². The zero-order chi connectivity index (χ0) is 17.5. The third-order valence-corrected chi connectivity index (χ3v) is 4.87. The van der Waals surface area contributed by atoms with Gasteiger partial charge in [-0.15, -0.1) is 0 Å². The van der Waals surface area contributed by atoms with E-state index in [4.69, 9.17) is 9.15 Å². The van der Waals surface area contributed by atoms with Gasteiger partial charge in [0.2, 0.25) is 0 Å². The van der Waals surface area contributed by atoms with Crippen LogP contribution in [0.25, 0.3) is 11.0 Å². The molecule has 0 radical (unpaired) electrons. The molecule has 1 heterocycles. The Kier molecular flexibility index (Phi) is 6.14. The number of benzene rings is 2. The summed E-state index contributed by atoms with van der Waals surface area (Å²) in [5.74, 6) is 1.94. The van der Waals surface area contributed by atoms with Crippen molar-refractivity contribution >= 4 is 28.6 Å². The van der Waals surface area contributed by atoms with Gasteiger partial charge in [-0.1, -0.05) is 48.5 Å². The van der Waals surface area contributed by atoms with Gasteiger partial charge in [-0.25, -0.2) is 0 Å². The molecule has 3 rings (SSSR count). The Morgan fingerprint density at radius 3 is 2.68 bits per heavy atom. The third kappa shape index (κ3) is 4.44. The molecule has 1 amide bonds. The zero-order valence-corrected chi connectivity index (χ0v) is 15.0. The monoisotopic (exact) mass is 355 g/mol. The molecule has 130 valence electrons. The molecule has 0 aliphatic heterocycles. The Labute approximate surface area is 151 Å². The Morgan fingerprint density at radius 1 is 1.12 bits per heavy atom. The lowest BCUT2D eigenvalue weighted by atomic mass is 10.1. The summed E-state index contributed by atoms with van der Waals surface area (Å²) >= 11 is 1.79. The Morgan fingerprint density at radius 2 is 1.88 bits per heavy atom. The molecule has 0 atom stereocenters. The molecule has 1 N–H and O–H groups in total. The first-order valence-electron chi connectivity index (χ1n) is 8.19. The van der Waals surface area contributed by atoms with E-state index >= 15 is 0 Å². The number of furan rings is 1. The quantitative estimate of drug-likeness (QED) is 0.614. The molecule has 5 heteroatoms. The molecule has 4 nitrogen and oxygen atoms in total. The van der Waals surface area contributed by atoms with Crippen LogP contribution < -0.4 is 5.32 Å². The highest BCUT2D eigenvalue weighted by molar-refractivity contribution is 7.98. The molecule has 3 aromatic rings. The van der Waals surface area contributed by atoms with Gasteiger partial charge in [0.1, 0.15) is 5.58 Å². The number of carbonyl (C=O) groups is 1. The normalized spacial score (nSPS) is 10.9. The first kappa shape index (κ1) is 17.6. The summed E-state index contributed by atoms with van der Waals surface area (Å²) < 4.78 is 11.0. The second kappa shape index (κ2) is 8.74. The Hall–Kier alpha value is -2.24. The van der Waals surface area contributed by atoms with Gasteiger partial charge in [0.15, 0.2) is 5.76 Å². The number of hydrogen-bond donors (Lipinski definition) is 1. The summed E-state index contributed by atoms with van der Waals surface area (Å²) in [6, 6.07) is 17.9. The number of para-hydroxylation sites is 1. The summed E-state index contributed by atoms with van der Waals surface area (Å²) in [5, 5.41) is 3.86. The fourth-order valence-electron chi connectivity index (χ4n) is 2.65. The summed E-state index contributed by atoms with van der Waals surface area (Å²) in [5.41, 5.74) is 2.80. The molecule has 0 saturated heterocycles. The largest absolute Gasteiger partial charge is 0.451 e. The highest BCUT2D eigenvalue weighted by atomic mass is 32.2. The second-order valence-electron chi connectivity index (χ2n) is 5.63. The fraction of sp³-hybridized carbons (Fsp3) is 0.250. The van der Waals surface area contributed by atoms with Gasteiger partial charge in [0.25, 0.3) is 5.91 Å². The number of ether oxygens (including phenoxy) is 1. The van der Waals surface area contributed by atoms with Crippen LogP contribution in [0.15, 0.2) is 59.0 Å². The van der Waals surface area contributed by atoms with Crippen LogP contribution >= 0.6 is 11.8 Å². The molecule has 0 saturated carbocycles. The van der Waals surface area contributed by atoms with E-state index in [0.717, 1.165) is 22.5 Å². The Bertz CT molecular complexity index is 829. The van der Waals surface area contributed by atoms with Gasteiger partial charge in [-0.05, 0) is 11.6 Å². The molecule has 0 spiro atoms. The number of rotatable bonds is 8. The van der Waals surface area contributed by atoms with Crippen LogP contribution in [0.3, 0.4) is 0 Å². The molecule has 0 bridgehead atoms. The summed E-state index contributed by atoms with van der Waals surface area (Å²) in [6.07, 6.45) is 0. The first-order valence-corrected chi connectivity index (χ1v) is 9.34. The number of thioether (sulfide) groups is 1. The lowest BCUT2D eigenvalue weighted by Crippen LogP contribution is -2.26. The third-order valence-electron chi connectivity index (χ3n) is 3.84. The maximum absolute atomic E-state index is 12.5. The van der Waals surface area contributed by atoms with E-state index in [2.05, 4.69) is 17.4 Å². The van der Waals surface area contributed by atoms with Gasteiger partial charge < -0.3 is 14.5 Å². The van der Waals surface area contributed by atoms with Crippen LogP contribution in [-0.4, -0.2) is 25.3 Å². The minimum atomic E-state index is -0.191. The van der Waals surface area contributed by atoms with Gasteiger partial charge in [0.05, 0.1) is 6.61 Å². The van der Waals surface area contributed by atoms with E-state index < -0.39 is 0 Å². The van der Waals surface area contributed by atoms with Gasteiger partial charge in [0, 0.05) is 36.1 Å². The number of amides is 1. The highest BCUT2D eigenvalue weighted by Gasteiger charge is 2.19. The average molecular weight is 355 g/mol. The smallest absolute Gasteiger partial charge is 0.287 e. The van der Waals surface area contributed by atoms with Crippen molar-refractivity contribution in [2.45, 2.75) is 12.4 Å². The fourth-order valence-corrected chi connectivity index (χ4v) is 3.47. The number of nitrogens with one attached hydrogen (secondary N) is 1. The lowest BCUT2D eigenvalue weighted by molar-refractivity contribution is 0.0924. The predicted molar refractivity (Wildman–Crippen MR) is 102 cm³/mol. The predicted octanol–water partition coefficient (Wildman–Crippen LogP) is 4.24. The summed E-state index contributed by atoms with van der Waals surface area (Å²) in [7, 11) is 1.61. The van der Waals surface area contributed by atoms with Crippen molar-refractivity contribution in [1.29, 1.82) is 0 Å². The average Bonchev–Trinajstić information content (AvgIpc) is 3.01. The number of methoxy groups -OCH3 is 1. The Balaban J connectivity index is 1.56. The molecule has 0 aliphatic rings. The van der Waals surface area contributed by atoms with Crippen LogP contribution in [0, 0.1) is 0 Å². The topological polar surface area (TPSA) is 51.5 Å². The molecule has 0 aliphatic carbocycles. The molecule has 1 aromatic heterocycles. The molecule has 0 unspecified atom stereocenters. The van der Waals surface area contributed by atoms with E-state index in [1.807, 2.05) is 42.5 Å². The standard InChI is InChI=1S/C20H21NO3S/c1-23-13-17-16-9-5-6-10-18(16)24-19(17)20(22)21-11-12-25-14-15-7-3-2-4-8-15/h2-10H,11-14H2,1H3,(H,21,22). The SMILES string of the molecule is COCc1c(C(=O)NCCSCc2ccccc2)oc2ccccc12. The van der Waals surface area contributed by atoms with E-state index in [1.54, 1.807) is 18.9 Å². The van der Waals surface area contributed by atoms with Gasteiger partial charge in [-0.2, -0.15) is 11.8 Å². The molecular formula is C20H21NO3S. The van der Waals surface area contributed by atoms with Crippen LogP contribution in [-0.2, 0) is 17.1 Å². The highest BCUT2D eigenvalue weighted by Crippen LogP contribution is 2.26.